The van der Waals surface area contributed by atoms with E-state index in [0.717, 1.165) is 19.6 Å². The predicted molar refractivity (Wildman–Crippen MR) is 72.5 cm³/mol. The Morgan fingerprint density at radius 1 is 1.53 bits per heavy atom. The molecule has 1 aromatic rings. The van der Waals surface area contributed by atoms with Crippen molar-refractivity contribution in [2.24, 2.45) is 5.92 Å². The van der Waals surface area contributed by atoms with Gasteiger partial charge in [0.05, 0.1) is 6.20 Å². The summed E-state index contributed by atoms with van der Waals surface area (Å²) in [6.45, 7) is 6.72. The van der Waals surface area contributed by atoms with Crippen LogP contribution >= 0.6 is 0 Å². The lowest BCUT2D eigenvalue weighted by Gasteiger charge is -2.34. The number of aromatic nitrogens is 3. The first-order valence-corrected chi connectivity index (χ1v) is 6.99. The summed E-state index contributed by atoms with van der Waals surface area (Å²) in [7, 11) is 1.88. The summed E-state index contributed by atoms with van der Waals surface area (Å²) in [5, 5.41) is 7.53. The summed E-state index contributed by atoms with van der Waals surface area (Å²) in [6, 6.07) is 0. The number of amides is 1. The van der Waals surface area contributed by atoms with Gasteiger partial charge in [-0.25, -0.2) is 4.68 Å². The zero-order valence-electron chi connectivity index (χ0n) is 11.8. The van der Waals surface area contributed by atoms with Crippen LogP contribution in [0.25, 0.3) is 0 Å². The molecule has 0 aliphatic carbocycles. The lowest BCUT2D eigenvalue weighted by molar-refractivity contribution is -0.131. The Balaban J connectivity index is 1.79. The van der Waals surface area contributed by atoms with Crippen LogP contribution < -0.4 is 0 Å². The summed E-state index contributed by atoms with van der Waals surface area (Å²) in [4.78, 5) is 16.3. The van der Waals surface area contributed by atoms with E-state index in [1.165, 1.54) is 19.4 Å². The number of nitrogens with zero attached hydrogens (tertiary/aromatic N) is 5. The maximum atomic E-state index is 12.1. The third-order valence-electron chi connectivity index (χ3n) is 3.78. The minimum atomic E-state index is 0.0964. The van der Waals surface area contributed by atoms with E-state index in [9.17, 15) is 4.79 Å². The van der Waals surface area contributed by atoms with E-state index >= 15 is 0 Å². The quantitative estimate of drug-likeness (QED) is 0.776. The first-order valence-electron chi connectivity index (χ1n) is 6.99. The number of rotatable bonds is 5. The van der Waals surface area contributed by atoms with Gasteiger partial charge in [0.2, 0.25) is 5.91 Å². The van der Waals surface area contributed by atoms with Crippen LogP contribution in [0, 0.1) is 5.92 Å². The molecule has 106 valence electrons. The lowest BCUT2D eigenvalue weighted by Crippen LogP contribution is -2.42. The fourth-order valence-corrected chi connectivity index (χ4v) is 2.65. The van der Waals surface area contributed by atoms with Gasteiger partial charge in [0.25, 0.3) is 0 Å². The molecular weight excluding hydrogens is 242 g/mol. The second kappa shape index (κ2) is 6.65. The Kier molecular flexibility index (Phi) is 4.90. The number of carbonyl (C=O) groups is 1. The molecule has 2 rings (SSSR count). The van der Waals surface area contributed by atoms with Crippen LogP contribution in [0.2, 0.25) is 0 Å². The number of carbonyl (C=O) groups excluding carboxylic acids is 1. The van der Waals surface area contributed by atoms with E-state index in [4.69, 9.17) is 0 Å². The maximum Gasteiger partial charge on any atom is 0.244 e. The Morgan fingerprint density at radius 2 is 2.37 bits per heavy atom. The maximum absolute atomic E-state index is 12.1. The van der Waals surface area contributed by atoms with Gasteiger partial charge >= 0.3 is 0 Å². The second-order valence-electron chi connectivity index (χ2n) is 5.28. The zero-order valence-corrected chi connectivity index (χ0v) is 11.8. The molecule has 1 atom stereocenters. The largest absolute Gasteiger partial charge is 0.344 e. The van der Waals surface area contributed by atoms with Gasteiger partial charge in [-0.2, -0.15) is 0 Å². The van der Waals surface area contributed by atoms with E-state index in [0.29, 0.717) is 5.92 Å². The highest BCUT2D eigenvalue weighted by Crippen LogP contribution is 2.17. The third kappa shape index (κ3) is 4.02. The molecule has 1 aliphatic heterocycles. The van der Waals surface area contributed by atoms with Gasteiger partial charge in [0.15, 0.2) is 0 Å². The minimum absolute atomic E-state index is 0.0964. The molecule has 0 aromatic carbocycles. The fraction of sp³-hybridized carbons (Fsp3) is 0.769. The summed E-state index contributed by atoms with van der Waals surface area (Å²) >= 11 is 0. The number of hydrogen-bond donors (Lipinski definition) is 0. The van der Waals surface area contributed by atoms with Crippen LogP contribution in [0.1, 0.15) is 19.8 Å². The van der Waals surface area contributed by atoms with Gasteiger partial charge in [-0.1, -0.05) is 12.1 Å². The van der Waals surface area contributed by atoms with E-state index < -0.39 is 0 Å². The van der Waals surface area contributed by atoms with E-state index in [2.05, 4.69) is 22.1 Å². The molecule has 0 bridgehead atoms. The second-order valence-corrected chi connectivity index (χ2v) is 5.28. The average molecular weight is 265 g/mol. The molecule has 19 heavy (non-hydrogen) atoms. The van der Waals surface area contributed by atoms with Crippen LogP contribution in [-0.2, 0) is 11.3 Å². The normalized spacial score (nSPS) is 20.4. The van der Waals surface area contributed by atoms with Crippen molar-refractivity contribution in [3.05, 3.63) is 12.4 Å². The molecule has 1 amide bonds. The van der Waals surface area contributed by atoms with Crippen LogP contribution in [-0.4, -0.2) is 63.9 Å². The Labute approximate surface area is 114 Å². The Hall–Kier alpha value is -1.43. The van der Waals surface area contributed by atoms with Crippen LogP contribution in [0.3, 0.4) is 0 Å². The average Bonchev–Trinajstić information content (AvgIpc) is 2.91. The van der Waals surface area contributed by atoms with Crippen molar-refractivity contribution in [3.63, 3.8) is 0 Å². The minimum Gasteiger partial charge on any atom is -0.344 e. The van der Waals surface area contributed by atoms with Crippen molar-refractivity contribution in [2.45, 2.75) is 26.3 Å². The fourth-order valence-electron chi connectivity index (χ4n) is 2.65. The van der Waals surface area contributed by atoms with Crippen molar-refractivity contribution in [2.75, 3.05) is 33.2 Å². The van der Waals surface area contributed by atoms with Crippen LogP contribution in [0.5, 0.6) is 0 Å². The number of piperidine rings is 1. The van der Waals surface area contributed by atoms with Crippen molar-refractivity contribution in [1.82, 2.24) is 24.8 Å². The van der Waals surface area contributed by atoms with Gasteiger partial charge in [-0.05, 0) is 31.8 Å². The van der Waals surface area contributed by atoms with E-state index in [-0.39, 0.29) is 12.5 Å². The van der Waals surface area contributed by atoms with Crippen LogP contribution in [0.15, 0.2) is 12.4 Å². The van der Waals surface area contributed by atoms with Gasteiger partial charge in [0, 0.05) is 26.3 Å². The smallest absolute Gasteiger partial charge is 0.244 e. The van der Waals surface area contributed by atoms with Crippen molar-refractivity contribution in [3.8, 4) is 0 Å². The predicted octanol–water partition coefficient (Wildman–Crippen LogP) is 0.468. The zero-order chi connectivity index (χ0) is 13.7. The third-order valence-corrected chi connectivity index (χ3v) is 3.78. The number of likely N-dealkylation sites (tertiary alicyclic amines) is 1. The highest BCUT2D eigenvalue weighted by molar-refractivity contribution is 5.75. The van der Waals surface area contributed by atoms with Crippen LogP contribution in [0.4, 0.5) is 0 Å². The highest BCUT2D eigenvalue weighted by atomic mass is 16.2. The molecule has 1 aliphatic rings. The summed E-state index contributed by atoms with van der Waals surface area (Å²) < 4.78 is 1.57. The molecule has 2 heterocycles. The molecule has 0 unspecified atom stereocenters. The molecule has 6 heteroatoms. The van der Waals surface area contributed by atoms with Crippen molar-refractivity contribution in [1.29, 1.82) is 0 Å². The molecule has 6 nitrogen and oxygen atoms in total. The Bertz CT molecular complexity index is 392. The Morgan fingerprint density at radius 3 is 3.05 bits per heavy atom. The highest BCUT2D eigenvalue weighted by Gasteiger charge is 2.21. The number of likely N-dealkylation sites (N-methyl/N-ethyl adjacent to an activating group) is 1. The number of hydrogen-bond acceptors (Lipinski definition) is 4. The molecule has 1 saturated heterocycles. The van der Waals surface area contributed by atoms with E-state index in [1.54, 1.807) is 17.1 Å². The first-order chi connectivity index (χ1) is 9.19. The monoisotopic (exact) mass is 265 g/mol. The standard InChI is InChI=1S/C13H23N5O/c1-3-17-7-4-5-12(10-17)9-16(2)13(19)11-18-8-6-14-15-18/h6,8,12H,3-5,7,9-11H2,1-2H3/t12-/m1/s1. The van der Waals surface area contributed by atoms with Gasteiger partial charge in [0.1, 0.15) is 6.54 Å². The molecule has 0 saturated carbocycles. The van der Waals surface area contributed by atoms with Gasteiger partial charge in [-0.3, -0.25) is 4.79 Å². The summed E-state index contributed by atoms with van der Waals surface area (Å²) in [6.07, 6.45) is 5.76. The van der Waals surface area contributed by atoms with Crippen molar-refractivity contribution >= 4 is 5.91 Å². The molecule has 0 N–H and O–H groups in total. The topological polar surface area (TPSA) is 54.3 Å². The molecule has 1 fully saturated rings. The van der Waals surface area contributed by atoms with Gasteiger partial charge in [-0.15, -0.1) is 5.10 Å². The van der Waals surface area contributed by atoms with E-state index in [1.807, 2.05) is 11.9 Å². The van der Waals surface area contributed by atoms with Gasteiger partial charge < -0.3 is 9.80 Å². The van der Waals surface area contributed by atoms with Crippen molar-refractivity contribution < 1.29 is 4.79 Å². The molecule has 1 aromatic heterocycles. The molecule has 0 radical (unpaired) electrons. The lowest BCUT2D eigenvalue weighted by atomic mass is 9.97. The summed E-state index contributed by atoms with van der Waals surface area (Å²) in [5.74, 6) is 0.692. The molecule has 0 spiro atoms. The first kappa shape index (κ1) is 14.0. The SMILES string of the molecule is CCN1CCC[C@H](CN(C)C(=O)Cn2ccnn2)C1. The summed E-state index contributed by atoms with van der Waals surface area (Å²) in [5.41, 5.74) is 0. The molecular formula is C13H23N5O.